The van der Waals surface area contributed by atoms with Crippen LogP contribution in [0.15, 0.2) is 66.0 Å². The molecule has 0 saturated heterocycles. The van der Waals surface area contributed by atoms with Crippen molar-refractivity contribution in [2.45, 2.75) is 25.5 Å². The molecule has 0 spiro atoms. The summed E-state index contributed by atoms with van der Waals surface area (Å²) in [7, 11) is 0. The van der Waals surface area contributed by atoms with E-state index in [4.69, 9.17) is 0 Å². The van der Waals surface area contributed by atoms with Gasteiger partial charge in [0.1, 0.15) is 0 Å². The van der Waals surface area contributed by atoms with Gasteiger partial charge in [-0.3, -0.25) is 9.59 Å². The number of hydrogen-bond donors (Lipinski definition) is 1. The molecule has 4 rings (SSSR count). The zero-order valence-electron chi connectivity index (χ0n) is 14.9. The Bertz CT molecular complexity index is 1010. The van der Waals surface area contributed by atoms with Gasteiger partial charge < -0.3 is 10.0 Å². The fourth-order valence-corrected chi connectivity index (χ4v) is 4.21. The number of fused-ring (bicyclic) bond motifs is 1. The van der Waals surface area contributed by atoms with Crippen molar-refractivity contribution in [1.29, 1.82) is 0 Å². The Morgan fingerprint density at radius 2 is 1.81 bits per heavy atom. The number of rotatable bonds is 5. The van der Waals surface area contributed by atoms with E-state index in [1.54, 1.807) is 29.2 Å². The summed E-state index contributed by atoms with van der Waals surface area (Å²) in [6.45, 7) is 2.35. The summed E-state index contributed by atoms with van der Waals surface area (Å²) in [6.07, 6.45) is -0.256. The van der Waals surface area contributed by atoms with E-state index in [0.29, 0.717) is 22.7 Å². The maximum Gasteiger partial charge on any atom is 0.264 e. The van der Waals surface area contributed by atoms with E-state index in [1.165, 1.54) is 11.3 Å². The maximum absolute atomic E-state index is 13.2. The highest BCUT2D eigenvalue weighted by molar-refractivity contribution is 7.12. The van der Waals surface area contributed by atoms with Gasteiger partial charge in [-0.25, -0.2) is 0 Å². The van der Waals surface area contributed by atoms with Crippen LogP contribution in [0.1, 0.15) is 32.8 Å². The van der Waals surface area contributed by atoms with Crippen LogP contribution in [-0.2, 0) is 16.9 Å². The first-order valence-electron chi connectivity index (χ1n) is 8.76. The van der Waals surface area contributed by atoms with Gasteiger partial charge in [-0.05, 0) is 35.6 Å². The normalized spacial score (nSPS) is 18.6. The highest BCUT2D eigenvalue weighted by atomic mass is 32.1. The number of carbonyl (C=O) groups excluding carboxylic acids is 2. The quantitative estimate of drug-likeness (QED) is 0.682. The first-order valence-corrected chi connectivity index (χ1v) is 9.64. The Balaban J connectivity index is 1.71. The molecule has 1 aromatic heterocycles. The molecule has 0 radical (unpaired) electrons. The minimum atomic E-state index is -1.83. The zero-order valence-corrected chi connectivity index (χ0v) is 15.7. The average molecular weight is 377 g/mol. The van der Waals surface area contributed by atoms with Crippen LogP contribution in [0, 0.1) is 6.92 Å². The molecule has 0 saturated carbocycles. The van der Waals surface area contributed by atoms with Gasteiger partial charge in [0.2, 0.25) is 0 Å². The number of ketones is 1. The molecule has 0 bridgehead atoms. The Labute approximate surface area is 161 Å². The van der Waals surface area contributed by atoms with Crippen molar-refractivity contribution in [2.24, 2.45) is 0 Å². The molecule has 27 heavy (non-hydrogen) atoms. The number of anilines is 1. The summed E-state index contributed by atoms with van der Waals surface area (Å²) in [5.41, 5.74) is 1.41. The molecule has 5 heteroatoms. The molecule has 1 atom stereocenters. The van der Waals surface area contributed by atoms with Gasteiger partial charge >= 0.3 is 0 Å². The van der Waals surface area contributed by atoms with Crippen molar-refractivity contribution in [3.8, 4) is 0 Å². The number of benzene rings is 2. The smallest absolute Gasteiger partial charge is 0.264 e. The van der Waals surface area contributed by atoms with E-state index in [1.807, 2.05) is 48.7 Å². The van der Waals surface area contributed by atoms with Crippen LogP contribution >= 0.6 is 11.3 Å². The summed E-state index contributed by atoms with van der Waals surface area (Å²) < 4.78 is 0. The molecule has 3 aromatic rings. The Hall–Kier alpha value is -2.76. The monoisotopic (exact) mass is 377 g/mol. The van der Waals surface area contributed by atoms with Crippen molar-refractivity contribution in [1.82, 2.24) is 0 Å². The van der Waals surface area contributed by atoms with E-state index in [0.717, 1.165) is 11.1 Å². The van der Waals surface area contributed by atoms with Crippen LogP contribution < -0.4 is 4.90 Å². The molecule has 2 heterocycles. The lowest BCUT2D eigenvalue weighted by molar-refractivity contribution is -0.136. The van der Waals surface area contributed by atoms with E-state index in [9.17, 15) is 14.7 Å². The third-order valence-corrected chi connectivity index (χ3v) is 5.95. The van der Waals surface area contributed by atoms with Crippen LogP contribution in [0.25, 0.3) is 0 Å². The number of amides is 1. The fraction of sp³-hybridized carbons (Fsp3) is 0.182. The predicted molar refractivity (Wildman–Crippen MR) is 106 cm³/mol. The SMILES string of the molecule is Cc1ccccc1CN1C(=O)[C@](O)(CC(=O)c2cccs2)c2ccccc21. The van der Waals surface area contributed by atoms with Crippen LogP contribution in [0.5, 0.6) is 0 Å². The van der Waals surface area contributed by atoms with E-state index in [-0.39, 0.29) is 12.2 Å². The number of aryl methyl sites for hydroxylation is 1. The van der Waals surface area contributed by atoms with Gasteiger partial charge in [0.15, 0.2) is 11.4 Å². The standard InChI is InChI=1S/C22H19NO3S/c1-15-7-2-3-8-16(15)14-23-18-10-5-4-9-17(18)22(26,21(23)25)13-19(24)20-11-6-12-27-20/h2-12,26H,13-14H2,1H3/t22-/m0/s1. The number of para-hydroxylation sites is 1. The summed E-state index contributed by atoms with van der Waals surface area (Å²) in [5, 5.41) is 13.1. The predicted octanol–water partition coefficient (Wildman–Crippen LogP) is 4.06. The summed E-state index contributed by atoms with van der Waals surface area (Å²) in [4.78, 5) is 28.0. The number of nitrogens with zero attached hydrogens (tertiary/aromatic N) is 1. The number of carbonyl (C=O) groups is 2. The van der Waals surface area contributed by atoms with Gasteiger partial charge in [-0.15, -0.1) is 11.3 Å². The lowest BCUT2D eigenvalue weighted by Crippen LogP contribution is -2.41. The van der Waals surface area contributed by atoms with Crippen molar-refractivity contribution >= 4 is 28.7 Å². The van der Waals surface area contributed by atoms with Crippen LogP contribution in [0.3, 0.4) is 0 Å². The highest BCUT2D eigenvalue weighted by Crippen LogP contribution is 2.43. The Morgan fingerprint density at radius 1 is 1.07 bits per heavy atom. The van der Waals surface area contributed by atoms with Crippen molar-refractivity contribution in [2.75, 3.05) is 4.90 Å². The molecular weight excluding hydrogens is 358 g/mol. The highest BCUT2D eigenvalue weighted by Gasteiger charge is 2.50. The number of Topliss-reactive ketones (excluding diaryl/α,β-unsaturated/α-hetero) is 1. The molecule has 0 aliphatic carbocycles. The molecule has 4 nitrogen and oxygen atoms in total. The van der Waals surface area contributed by atoms with Crippen LogP contribution in [-0.4, -0.2) is 16.8 Å². The molecular formula is C22H19NO3S. The van der Waals surface area contributed by atoms with Crippen LogP contribution in [0.4, 0.5) is 5.69 Å². The third kappa shape index (κ3) is 2.99. The first-order chi connectivity index (χ1) is 13.0. The van der Waals surface area contributed by atoms with Crippen LogP contribution in [0.2, 0.25) is 0 Å². The molecule has 2 aromatic carbocycles. The molecule has 0 unspecified atom stereocenters. The number of hydrogen-bond acceptors (Lipinski definition) is 4. The van der Waals surface area contributed by atoms with Gasteiger partial charge in [-0.2, -0.15) is 0 Å². The molecule has 0 fully saturated rings. The lowest BCUT2D eigenvalue weighted by Gasteiger charge is -2.23. The summed E-state index contributed by atoms with van der Waals surface area (Å²) in [5.74, 6) is -0.676. The largest absolute Gasteiger partial charge is 0.375 e. The first kappa shape index (κ1) is 17.6. The summed E-state index contributed by atoms with van der Waals surface area (Å²) in [6, 6.07) is 18.5. The molecule has 1 aliphatic heterocycles. The minimum absolute atomic E-state index is 0.228. The maximum atomic E-state index is 13.2. The number of aliphatic hydroxyl groups is 1. The second-order valence-corrected chi connectivity index (χ2v) is 7.72. The fourth-order valence-electron chi connectivity index (χ4n) is 3.55. The number of thiophene rings is 1. The molecule has 1 N–H and O–H groups in total. The van der Waals surface area contributed by atoms with Gasteiger partial charge in [-0.1, -0.05) is 48.5 Å². The van der Waals surface area contributed by atoms with Gasteiger partial charge in [0, 0.05) is 5.56 Å². The zero-order chi connectivity index (χ0) is 19.0. The van der Waals surface area contributed by atoms with E-state index < -0.39 is 11.5 Å². The topological polar surface area (TPSA) is 57.6 Å². The molecule has 1 amide bonds. The Morgan fingerprint density at radius 3 is 2.56 bits per heavy atom. The third-order valence-electron chi connectivity index (χ3n) is 5.04. The Kier molecular flexibility index (Phi) is 4.42. The summed E-state index contributed by atoms with van der Waals surface area (Å²) >= 11 is 1.32. The lowest BCUT2D eigenvalue weighted by atomic mass is 9.89. The van der Waals surface area contributed by atoms with E-state index >= 15 is 0 Å². The van der Waals surface area contributed by atoms with Gasteiger partial charge in [0.25, 0.3) is 5.91 Å². The second-order valence-electron chi connectivity index (χ2n) is 6.77. The van der Waals surface area contributed by atoms with Crippen molar-refractivity contribution in [3.05, 3.63) is 87.6 Å². The molecule has 136 valence electrons. The van der Waals surface area contributed by atoms with E-state index in [2.05, 4.69) is 0 Å². The van der Waals surface area contributed by atoms with Crippen molar-refractivity contribution in [3.63, 3.8) is 0 Å². The van der Waals surface area contributed by atoms with Gasteiger partial charge in [0.05, 0.1) is 23.5 Å². The molecule has 1 aliphatic rings. The minimum Gasteiger partial charge on any atom is -0.375 e. The second kappa shape index (κ2) is 6.76. The average Bonchev–Trinajstić information content (AvgIpc) is 3.27. The van der Waals surface area contributed by atoms with Crippen molar-refractivity contribution < 1.29 is 14.7 Å².